The normalized spacial score (nSPS) is 16.6. The van der Waals surface area contributed by atoms with Crippen LogP contribution < -0.4 is 4.74 Å². The Morgan fingerprint density at radius 3 is 2.68 bits per heavy atom. The zero-order valence-electron chi connectivity index (χ0n) is 15.2. The number of rotatable bonds is 5. The second-order valence-corrected chi connectivity index (χ2v) is 6.76. The first kappa shape index (κ1) is 17.8. The van der Waals surface area contributed by atoms with E-state index in [1.807, 2.05) is 0 Å². The fourth-order valence-corrected chi connectivity index (χ4v) is 3.34. The second kappa shape index (κ2) is 6.55. The molecule has 1 fully saturated rings. The molecule has 2 aromatic rings. The summed E-state index contributed by atoms with van der Waals surface area (Å²) in [6.45, 7) is 1.80. The lowest BCUT2D eigenvalue weighted by molar-refractivity contribution is -0.393. The van der Waals surface area contributed by atoms with Gasteiger partial charge in [-0.05, 0) is 48.8 Å². The first-order chi connectivity index (χ1) is 13.4. The van der Waals surface area contributed by atoms with Crippen LogP contribution in [0.3, 0.4) is 0 Å². The highest BCUT2D eigenvalue weighted by Crippen LogP contribution is 2.40. The number of nitrogens with zero attached hydrogens (tertiary/aromatic N) is 5. The SMILES string of the molecule is COc1cc(C)cc2c1C(O)=C(N=Nc1cc([N+](=O)[O-])n(C3CCC3)n1)C2=O. The number of carbonyl (C=O) groups excluding carboxylic acids is 1. The molecule has 1 N–H and O–H groups in total. The maximum atomic E-state index is 12.6. The monoisotopic (exact) mass is 383 g/mol. The number of carbonyl (C=O) groups is 1. The molecule has 2 aliphatic rings. The van der Waals surface area contributed by atoms with Crippen molar-refractivity contribution in [2.24, 2.45) is 10.2 Å². The molecule has 0 unspecified atom stereocenters. The van der Waals surface area contributed by atoms with Crippen LogP contribution in [0.5, 0.6) is 5.75 Å². The summed E-state index contributed by atoms with van der Waals surface area (Å²) in [6, 6.07) is 4.51. The summed E-state index contributed by atoms with van der Waals surface area (Å²) in [5, 5.41) is 33.6. The molecule has 10 nitrogen and oxygen atoms in total. The Balaban J connectivity index is 1.69. The van der Waals surface area contributed by atoms with Gasteiger partial charge in [-0.3, -0.25) is 4.79 Å². The minimum Gasteiger partial charge on any atom is -0.505 e. The van der Waals surface area contributed by atoms with Gasteiger partial charge < -0.3 is 20.0 Å². The predicted octanol–water partition coefficient (Wildman–Crippen LogP) is 4.04. The summed E-state index contributed by atoms with van der Waals surface area (Å²) in [4.78, 5) is 23.4. The van der Waals surface area contributed by atoms with Gasteiger partial charge in [0.15, 0.2) is 11.5 Å². The smallest absolute Gasteiger partial charge is 0.347 e. The Morgan fingerprint density at radius 2 is 2.07 bits per heavy atom. The molecule has 1 aromatic heterocycles. The van der Waals surface area contributed by atoms with Gasteiger partial charge in [0.2, 0.25) is 11.6 Å². The number of allylic oxidation sites excluding steroid dienone is 1. The van der Waals surface area contributed by atoms with Crippen LogP contribution in [0.1, 0.15) is 46.8 Å². The fourth-order valence-electron chi connectivity index (χ4n) is 3.34. The van der Waals surface area contributed by atoms with Gasteiger partial charge in [-0.1, -0.05) is 5.10 Å². The summed E-state index contributed by atoms with van der Waals surface area (Å²) in [6.07, 6.45) is 2.63. The molecule has 2 aliphatic carbocycles. The van der Waals surface area contributed by atoms with Gasteiger partial charge in [0.05, 0.1) is 18.7 Å². The topological polar surface area (TPSA) is 132 Å². The van der Waals surface area contributed by atoms with Crippen LogP contribution in [0.4, 0.5) is 11.6 Å². The molecular weight excluding hydrogens is 366 g/mol. The summed E-state index contributed by atoms with van der Waals surface area (Å²) >= 11 is 0. The van der Waals surface area contributed by atoms with E-state index in [0.717, 1.165) is 24.8 Å². The maximum Gasteiger partial charge on any atom is 0.347 e. The molecule has 4 rings (SSSR count). The summed E-state index contributed by atoms with van der Waals surface area (Å²) in [7, 11) is 1.44. The molecular formula is C18H17N5O5. The quantitative estimate of drug-likeness (QED) is 0.471. The van der Waals surface area contributed by atoms with Gasteiger partial charge >= 0.3 is 5.82 Å². The van der Waals surface area contributed by atoms with Gasteiger partial charge in [0, 0.05) is 5.56 Å². The molecule has 0 spiro atoms. The van der Waals surface area contributed by atoms with Crippen molar-refractivity contribution in [1.82, 2.24) is 9.78 Å². The number of aryl methyl sites for hydroxylation is 1. The molecule has 1 aromatic carbocycles. The van der Waals surface area contributed by atoms with Crippen LogP contribution in [-0.2, 0) is 0 Å². The van der Waals surface area contributed by atoms with Crippen LogP contribution in [0.25, 0.3) is 5.76 Å². The number of hydrogen-bond donors (Lipinski definition) is 1. The van der Waals surface area contributed by atoms with E-state index in [2.05, 4.69) is 15.3 Å². The van der Waals surface area contributed by atoms with Crippen LogP contribution in [-0.4, -0.2) is 32.7 Å². The van der Waals surface area contributed by atoms with Gasteiger partial charge in [-0.15, -0.1) is 14.9 Å². The number of benzene rings is 1. The van der Waals surface area contributed by atoms with Crippen molar-refractivity contribution in [3.05, 3.63) is 50.7 Å². The zero-order valence-corrected chi connectivity index (χ0v) is 15.2. The number of nitro groups is 1. The number of methoxy groups -OCH3 is 1. The largest absolute Gasteiger partial charge is 0.505 e. The fraction of sp³-hybridized carbons (Fsp3) is 0.333. The van der Waals surface area contributed by atoms with E-state index in [0.29, 0.717) is 5.75 Å². The van der Waals surface area contributed by atoms with Crippen molar-refractivity contribution in [3.63, 3.8) is 0 Å². The molecule has 0 amide bonds. The molecule has 0 saturated heterocycles. The van der Waals surface area contributed by atoms with Crippen LogP contribution in [0.15, 0.2) is 34.1 Å². The van der Waals surface area contributed by atoms with Gasteiger partial charge in [0.1, 0.15) is 11.8 Å². The third-order valence-corrected chi connectivity index (χ3v) is 4.95. The number of hydrogen-bond acceptors (Lipinski definition) is 8. The third-order valence-electron chi connectivity index (χ3n) is 4.95. The minimum absolute atomic E-state index is 0.00537. The average molecular weight is 383 g/mol. The number of azo groups is 1. The number of Topliss-reactive ketones (excluding diaryl/α,β-unsaturated/α-hetero) is 1. The van der Waals surface area contributed by atoms with Gasteiger partial charge in [0.25, 0.3) is 0 Å². The lowest BCUT2D eigenvalue weighted by Gasteiger charge is -2.21. The van der Waals surface area contributed by atoms with Crippen molar-refractivity contribution in [3.8, 4) is 5.75 Å². The van der Waals surface area contributed by atoms with E-state index in [4.69, 9.17) is 4.74 Å². The van der Waals surface area contributed by atoms with Crippen LogP contribution in [0, 0.1) is 17.0 Å². The molecule has 1 saturated carbocycles. The maximum absolute atomic E-state index is 12.6. The predicted molar refractivity (Wildman–Crippen MR) is 97.9 cm³/mol. The summed E-state index contributed by atoms with van der Waals surface area (Å²) in [5.74, 6) is -0.642. The molecule has 0 bridgehead atoms. The van der Waals surface area contributed by atoms with E-state index in [-0.39, 0.29) is 40.3 Å². The van der Waals surface area contributed by atoms with Gasteiger partial charge in [-0.25, -0.2) is 0 Å². The number of aromatic nitrogens is 2. The van der Waals surface area contributed by atoms with E-state index in [9.17, 15) is 20.0 Å². The second-order valence-electron chi connectivity index (χ2n) is 6.76. The standard InChI is InChI=1S/C18H17N5O5/c1-9-6-11-15(12(7-9)28-2)18(25)16(17(11)24)20-19-13-8-14(23(26)27)22(21-13)10-4-3-5-10/h6-8,10,25H,3-5H2,1-2H3. The average Bonchev–Trinajstić information content (AvgIpc) is 3.12. The Kier molecular flexibility index (Phi) is 4.17. The van der Waals surface area contributed by atoms with Crippen molar-refractivity contribution in [2.45, 2.75) is 32.2 Å². The molecule has 1 heterocycles. The Morgan fingerprint density at radius 1 is 1.32 bits per heavy atom. The summed E-state index contributed by atoms with van der Waals surface area (Å²) < 4.78 is 6.59. The van der Waals surface area contributed by atoms with E-state index in [1.54, 1.807) is 19.1 Å². The van der Waals surface area contributed by atoms with E-state index in [1.165, 1.54) is 17.9 Å². The molecule has 0 aliphatic heterocycles. The number of aliphatic hydroxyl groups excluding tert-OH is 1. The van der Waals surface area contributed by atoms with Crippen molar-refractivity contribution >= 4 is 23.2 Å². The highest BCUT2D eigenvalue weighted by molar-refractivity contribution is 6.20. The van der Waals surface area contributed by atoms with Crippen molar-refractivity contribution in [2.75, 3.05) is 7.11 Å². The lowest BCUT2D eigenvalue weighted by Crippen LogP contribution is -2.19. The van der Waals surface area contributed by atoms with Crippen molar-refractivity contribution in [1.29, 1.82) is 0 Å². The third kappa shape index (κ3) is 2.73. The Hall–Kier alpha value is -3.56. The Bertz CT molecular complexity index is 1060. The number of fused-ring (bicyclic) bond motifs is 1. The highest BCUT2D eigenvalue weighted by Gasteiger charge is 2.34. The van der Waals surface area contributed by atoms with E-state index >= 15 is 0 Å². The van der Waals surface area contributed by atoms with E-state index < -0.39 is 10.7 Å². The summed E-state index contributed by atoms with van der Waals surface area (Å²) in [5.41, 5.74) is 1.08. The number of ketones is 1. The molecule has 144 valence electrons. The van der Waals surface area contributed by atoms with Gasteiger partial charge in [-0.2, -0.15) is 0 Å². The number of aliphatic hydroxyl groups is 1. The first-order valence-electron chi connectivity index (χ1n) is 8.73. The number of ether oxygens (including phenoxy) is 1. The lowest BCUT2D eigenvalue weighted by atomic mass is 9.93. The molecule has 0 radical (unpaired) electrons. The molecule has 10 heteroatoms. The zero-order chi connectivity index (χ0) is 20.0. The molecule has 28 heavy (non-hydrogen) atoms. The Labute approximate surface area is 159 Å². The highest BCUT2D eigenvalue weighted by atomic mass is 16.6. The van der Waals surface area contributed by atoms with Crippen LogP contribution >= 0.6 is 0 Å². The molecule has 0 atom stereocenters. The van der Waals surface area contributed by atoms with Crippen LogP contribution in [0.2, 0.25) is 0 Å². The minimum atomic E-state index is -0.523. The first-order valence-corrected chi connectivity index (χ1v) is 8.73. The van der Waals surface area contributed by atoms with Crippen molar-refractivity contribution < 1.29 is 19.6 Å².